The number of carbonyl (C=O) groups excluding carboxylic acids is 2. The lowest BCUT2D eigenvalue weighted by atomic mass is 9.94. The number of carbonyl (C=O) groups is 2. The Bertz CT molecular complexity index is 1180. The Kier molecular flexibility index (Phi) is 6.66. The predicted octanol–water partition coefficient (Wildman–Crippen LogP) is 1.90. The van der Waals surface area contributed by atoms with Crippen LogP contribution in [-0.2, 0) is 25.9 Å². The number of hydrogen-bond acceptors (Lipinski definition) is 7. The smallest absolute Gasteiger partial charge is 0.251 e. The van der Waals surface area contributed by atoms with Crippen LogP contribution in [0, 0.1) is 5.92 Å². The van der Waals surface area contributed by atoms with Gasteiger partial charge in [0.25, 0.3) is 11.8 Å². The van der Waals surface area contributed by atoms with Crippen molar-refractivity contribution in [3.63, 3.8) is 0 Å². The molecule has 0 unspecified atom stereocenters. The normalized spacial score (nSPS) is 23.0. The Morgan fingerprint density at radius 1 is 1.15 bits per heavy atom. The van der Waals surface area contributed by atoms with E-state index in [1.54, 1.807) is 43.6 Å². The minimum absolute atomic E-state index is 0.125. The fourth-order valence-electron chi connectivity index (χ4n) is 4.50. The molecule has 0 radical (unpaired) electrons. The summed E-state index contributed by atoms with van der Waals surface area (Å²) >= 11 is 0. The highest BCUT2D eigenvalue weighted by Crippen LogP contribution is 2.39. The molecule has 2 aliphatic rings. The number of benzene rings is 2. The van der Waals surface area contributed by atoms with Crippen LogP contribution >= 0.6 is 0 Å². The van der Waals surface area contributed by atoms with E-state index < -0.39 is 32.5 Å². The third-order valence-electron chi connectivity index (χ3n) is 6.50. The van der Waals surface area contributed by atoms with Gasteiger partial charge in [0.1, 0.15) is 0 Å². The first-order valence-corrected chi connectivity index (χ1v) is 12.6. The SMILES string of the molecule is CC1(C)CN(Cc2ccc(C(=O)N[C@@H]3CCOC[C@@H]3C(=O)NO)cc2)c2ccccc2S1(=O)=O. The molecule has 0 aromatic heterocycles. The van der Waals surface area contributed by atoms with E-state index in [9.17, 15) is 18.0 Å². The topological polar surface area (TPSA) is 125 Å². The van der Waals surface area contributed by atoms with E-state index in [2.05, 4.69) is 5.32 Å². The molecule has 2 heterocycles. The van der Waals surface area contributed by atoms with E-state index >= 15 is 0 Å². The number of hydrogen-bond donors (Lipinski definition) is 3. The summed E-state index contributed by atoms with van der Waals surface area (Å²) in [6, 6.07) is 13.7. The molecule has 2 atom stereocenters. The number of amides is 2. The molecule has 1 saturated heterocycles. The van der Waals surface area contributed by atoms with Crippen LogP contribution in [0.1, 0.15) is 36.2 Å². The highest BCUT2D eigenvalue weighted by molar-refractivity contribution is 7.93. The molecule has 3 N–H and O–H groups in total. The van der Waals surface area contributed by atoms with Gasteiger partial charge in [-0.1, -0.05) is 24.3 Å². The maximum Gasteiger partial charge on any atom is 0.251 e. The van der Waals surface area contributed by atoms with Crippen molar-refractivity contribution in [1.29, 1.82) is 0 Å². The zero-order valence-electron chi connectivity index (χ0n) is 19.2. The Hall–Kier alpha value is -2.95. The predicted molar refractivity (Wildman–Crippen MR) is 125 cm³/mol. The van der Waals surface area contributed by atoms with E-state index in [0.29, 0.717) is 42.3 Å². The summed E-state index contributed by atoms with van der Waals surface area (Å²) in [4.78, 5) is 27.0. The van der Waals surface area contributed by atoms with Crippen molar-refractivity contribution in [3.8, 4) is 0 Å². The molecule has 0 aliphatic carbocycles. The lowest BCUT2D eigenvalue weighted by molar-refractivity contribution is -0.138. The van der Waals surface area contributed by atoms with Crippen LogP contribution in [0.15, 0.2) is 53.4 Å². The second-order valence-corrected chi connectivity index (χ2v) is 11.9. The van der Waals surface area contributed by atoms with Crippen LogP contribution in [0.25, 0.3) is 0 Å². The summed E-state index contributed by atoms with van der Waals surface area (Å²) in [6.45, 7) is 4.87. The van der Waals surface area contributed by atoms with Gasteiger partial charge in [-0.05, 0) is 50.1 Å². The van der Waals surface area contributed by atoms with E-state index in [-0.39, 0.29) is 12.5 Å². The molecule has 10 heteroatoms. The van der Waals surface area contributed by atoms with Crippen molar-refractivity contribution >= 4 is 27.3 Å². The Balaban J connectivity index is 1.48. The van der Waals surface area contributed by atoms with Crippen molar-refractivity contribution in [2.75, 3.05) is 24.7 Å². The molecule has 182 valence electrons. The molecule has 0 spiro atoms. The van der Waals surface area contributed by atoms with E-state index in [1.807, 2.05) is 29.2 Å². The monoisotopic (exact) mass is 487 g/mol. The molecule has 1 fully saturated rings. The molecule has 2 aliphatic heterocycles. The van der Waals surface area contributed by atoms with Crippen molar-refractivity contribution in [1.82, 2.24) is 10.8 Å². The van der Waals surface area contributed by atoms with Crippen molar-refractivity contribution in [3.05, 3.63) is 59.7 Å². The van der Waals surface area contributed by atoms with Gasteiger partial charge in [0.15, 0.2) is 9.84 Å². The van der Waals surface area contributed by atoms with Gasteiger partial charge >= 0.3 is 0 Å². The average molecular weight is 488 g/mol. The lowest BCUT2D eigenvalue weighted by Gasteiger charge is -2.40. The number of anilines is 1. The molecule has 2 amide bonds. The molecule has 4 rings (SSSR count). The number of fused-ring (bicyclic) bond motifs is 1. The summed E-state index contributed by atoms with van der Waals surface area (Å²) in [7, 11) is -3.44. The van der Waals surface area contributed by atoms with Gasteiger partial charge in [0.05, 0.1) is 27.9 Å². The molecule has 2 aromatic carbocycles. The first kappa shape index (κ1) is 24.2. The molecule has 34 heavy (non-hydrogen) atoms. The molecule has 0 saturated carbocycles. The minimum atomic E-state index is -3.44. The number of ether oxygens (including phenoxy) is 1. The summed E-state index contributed by atoms with van der Waals surface area (Å²) in [6.07, 6.45) is 0.467. The zero-order chi connectivity index (χ0) is 24.5. The van der Waals surface area contributed by atoms with Crippen LogP contribution in [-0.4, -0.2) is 56.0 Å². The number of nitrogens with one attached hydrogen (secondary N) is 2. The highest BCUT2D eigenvalue weighted by atomic mass is 32.2. The van der Waals surface area contributed by atoms with E-state index in [0.717, 1.165) is 5.56 Å². The van der Waals surface area contributed by atoms with Gasteiger partial charge in [-0.3, -0.25) is 14.8 Å². The first-order chi connectivity index (χ1) is 16.1. The zero-order valence-corrected chi connectivity index (χ0v) is 20.0. The average Bonchev–Trinajstić information content (AvgIpc) is 2.83. The first-order valence-electron chi connectivity index (χ1n) is 11.1. The van der Waals surface area contributed by atoms with Gasteiger partial charge in [-0.15, -0.1) is 0 Å². The van der Waals surface area contributed by atoms with Gasteiger partial charge in [-0.25, -0.2) is 13.9 Å². The van der Waals surface area contributed by atoms with Crippen LogP contribution in [0.3, 0.4) is 0 Å². The third-order valence-corrected chi connectivity index (χ3v) is 9.01. The van der Waals surface area contributed by atoms with Crippen molar-refractivity contribution < 1.29 is 28.0 Å². The molecule has 2 aromatic rings. The maximum atomic E-state index is 13.0. The Morgan fingerprint density at radius 3 is 2.56 bits per heavy atom. The summed E-state index contributed by atoms with van der Waals surface area (Å²) in [5, 5.41) is 11.8. The van der Waals surface area contributed by atoms with Crippen molar-refractivity contribution in [2.45, 2.75) is 42.5 Å². The Labute approximate surface area is 199 Å². The highest BCUT2D eigenvalue weighted by Gasteiger charge is 2.43. The number of rotatable bonds is 5. The third kappa shape index (κ3) is 4.53. The maximum absolute atomic E-state index is 13.0. The van der Waals surface area contributed by atoms with E-state index in [1.165, 1.54) is 0 Å². The largest absolute Gasteiger partial charge is 0.380 e. The Morgan fingerprint density at radius 2 is 1.85 bits per heavy atom. The van der Waals surface area contributed by atoms with Crippen LogP contribution in [0.4, 0.5) is 5.69 Å². The second-order valence-electron chi connectivity index (χ2n) is 9.31. The molecular weight excluding hydrogens is 458 g/mol. The summed E-state index contributed by atoms with van der Waals surface area (Å²) in [5.41, 5.74) is 3.69. The minimum Gasteiger partial charge on any atom is -0.380 e. The number of hydroxylamine groups is 1. The van der Waals surface area contributed by atoms with Crippen LogP contribution in [0.2, 0.25) is 0 Å². The second kappa shape index (κ2) is 9.36. The molecule has 9 nitrogen and oxygen atoms in total. The van der Waals surface area contributed by atoms with E-state index in [4.69, 9.17) is 9.94 Å². The van der Waals surface area contributed by atoms with Gasteiger partial charge in [0, 0.05) is 31.3 Å². The number of para-hydroxylation sites is 1. The summed E-state index contributed by atoms with van der Waals surface area (Å²) in [5.74, 6) is -1.57. The van der Waals surface area contributed by atoms with Crippen LogP contribution < -0.4 is 15.7 Å². The van der Waals surface area contributed by atoms with Gasteiger partial charge < -0.3 is 15.0 Å². The fourth-order valence-corrected chi connectivity index (χ4v) is 6.15. The molecular formula is C24H29N3O6S. The number of sulfone groups is 1. The van der Waals surface area contributed by atoms with Gasteiger partial charge in [0.2, 0.25) is 0 Å². The van der Waals surface area contributed by atoms with Crippen LogP contribution in [0.5, 0.6) is 0 Å². The standard InChI is InChI=1S/C24H29N3O6S/c1-24(2)15-27(20-5-3-4-6-21(20)34(24,31)32)13-16-7-9-17(10-8-16)22(28)25-19-11-12-33-14-18(19)23(29)26-30/h3-10,18-19,30H,11-15H2,1-2H3,(H,25,28)(H,26,29)/t18-,19+/m0/s1. The fraction of sp³-hybridized carbons (Fsp3) is 0.417. The quantitative estimate of drug-likeness (QED) is 0.435. The molecule has 0 bridgehead atoms. The lowest BCUT2D eigenvalue weighted by Crippen LogP contribution is -2.51. The number of nitrogens with zero attached hydrogens (tertiary/aromatic N) is 1. The van der Waals surface area contributed by atoms with Crippen molar-refractivity contribution in [2.24, 2.45) is 5.92 Å². The van der Waals surface area contributed by atoms with Gasteiger partial charge in [-0.2, -0.15) is 0 Å². The summed E-state index contributed by atoms with van der Waals surface area (Å²) < 4.78 is 30.3.